The fourth-order valence-electron chi connectivity index (χ4n) is 3.72. The second-order valence-electron chi connectivity index (χ2n) is 7.08. The number of amides is 1. The van der Waals surface area contributed by atoms with Crippen molar-refractivity contribution in [1.29, 1.82) is 0 Å². The number of anilines is 1. The van der Waals surface area contributed by atoms with Gasteiger partial charge in [-0.2, -0.15) is 0 Å². The lowest BCUT2D eigenvalue weighted by Crippen LogP contribution is -2.13. The van der Waals surface area contributed by atoms with Gasteiger partial charge in [-0.1, -0.05) is 67.9 Å². The Morgan fingerprint density at radius 3 is 2.54 bits per heavy atom. The van der Waals surface area contributed by atoms with Crippen LogP contribution < -0.4 is 5.32 Å². The van der Waals surface area contributed by atoms with Crippen LogP contribution in [0.15, 0.2) is 72.9 Å². The van der Waals surface area contributed by atoms with Crippen molar-refractivity contribution in [2.75, 3.05) is 5.32 Å². The Bertz CT molecular complexity index is 1130. The largest absolute Gasteiger partial charge is 0.344 e. The minimum Gasteiger partial charge on any atom is -0.344 e. The van der Waals surface area contributed by atoms with Crippen LogP contribution in [0.1, 0.15) is 30.1 Å². The number of para-hydroxylation sites is 1. The van der Waals surface area contributed by atoms with E-state index in [1.54, 1.807) is 6.20 Å². The number of aromatic nitrogens is 1. The zero-order chi connectivity index (χ0) is 19.5. The molecule has 4 rings (SSSR count). The molecule has 3 aromatic carbocycles. The Hall–Kier alpha value is -3.14. The van der Waals surface area contributed by atoms with Crippen molar-refractivity contribution < 1.29 is 9.18 Å². The predicted octanol–water partition coefficient (Wildman–Crippen LogP) is 6.19. The smallest absolute Gasteiger partial charge is 0.257 e. The molecular formula is C24H23FN2O. The lowest BCUT2D eigenvalue weighted by atomic mass is 10.1. The van der Waals surface area contributed by atoms with Gasteiger partial charge in [0.05, 0.1) is 12.1 Å². The first-order valence-corrected chi connectivity index (χ1v) is 9.68. The summed E-state index contributed by atoms with van der Waals surface area (Å²) in [5.41, 5.74) is 2.21. The summed E-state index contributed by atoms with van der Waals surface area (Å²) >= 11 is 0. The Labute approximate surface area is 163 Å². The summed E-state index contributed by atoms with van der Waals surface area (Å²) in [6.07, 6.45) is 2.17. The number of halogens is 1. The third kappa shape index (κ3) is 3.50. The summed E-state index contributed by atoms with van der Waals surface area (Å²) in [7, 11) is 0. The zero-order valence-corrected chi connectivity index (χ0v) is 15.9. The molecule has 0 aliphatic rings. The third-order valence-corrected chi connectivity index (χ3v) is 5.07. The average Bonchev–Trinajstić information content (AvgIpc) is 3.07. The molecule has 28 heavy (non-hydrogen) atoms. The van der Waals surface area contributed by atoms with E-state index in [4.69, 9.17) is 0 Å². The van der Waals surface area contributed by atoms with Crippen LogP contribution in [0.4, 0.5) is 10.1 Å². The summed E-state index contributed by atoms with van der Waals surface area (Å²) in [5.74, 6) is -0.183. The molecule has 4 heteroatoms. The number of benzene rings is 3. The lowest BCUT2D eigenvalue weighted by Gasteiger charge is -2.09. The summed E-state index contributed by atoms with van der Waals surface area (Å²) in [4.78, 5) is 13.1. The summed E-state index contributed by atoms with van der Waals surface area (Å²) < 4.78 is 16.1. The van der Waals surface area contributed by atoms with E-state index in [1.807, 2.05) is 78.2 Å². The Morgan fingerprint density at radius 2 is 1.71 bits per heavy atom. The highest BCUT2D eigenvalue weighted by atomic mass is 19.1. The maximum absolute atomic E-state index is 14.2. The molecular weight excluding hydrogens is 351 g/mol. The molecule has 0 aliphatic heterocycles. The molecule has 0 radical (unpaired) electrons. The molecule has 0 fully saturated rings. The molecule has 0 unspecified atom stereocenters. The second kappa shape index (κ2) is 7.85. The molecule has 0 spiro atoms. The highest BCUT2D eigenvalue weighted by Crippen LogP contribution is 2.26. The molecule has 3 nitrogen and oxygen atoms in total. The first-order chi connectivity index (χ1) is 13.7. The van der Waals surface area contributed by atoms with Crippen LogP contribution in [0.5, 0.6) is 0 Å². The van der Waals surface area contributed by atoms with Crippen molar-refractivity contribution in [2.24, 2.45) is 0 Å². The zero-order valence-electron chi connectivity index (χ0n) is 15.9. The van der Waals surface area contributed by atoms with Crippen molar-refractivity contribution in [3.8, 4) is 0 Å². The molecule has 1 amide bonds. The number of nitrogens with one attached hydrogen (secondary N) is 1. The van der Waals surface area contributed by atoms with Crippen LogP contribution in [-0.4, -0.2) is 16.6 Å². The predicted molar refractivity (Wildman–Crippen MR) is 114 cm³/mol. The third-order valence-electron chi connectivity index (χ3n) is 5.07. The van der Waals surface area contributed by atoms with Gasteiger partial charge in [0.25, 0.3) is 5.91 Å². The van der Waals surface area contributed by atoms with Gasteiger partial charge in [-0.15, -0.1) is 0 Å². The molecule has 1 heterocycles. The van der Waals surface area contributed by atoms with E-state index in [0.29, 0.717) is 12.0 Å². The lowest BCUT2D eigenvalue weighted by molar-refractivity contribution is 0.102. The van der Waals surface area contributed by atoms with E-state index in [0.717, 1.165) is 33.8 Å². The van der Waals surface area contributed by atoms with Crippen molar-refractivity contribution >= 4 is 33.3 Å². The van der Waals surface area contributed by atoms with Crippen molar-refractivity contribution in [3.63, 3.8) is 0 Å². The first-order valence-electron chi connectivity index (χ1n) is 9.68. The van der Waals surface area contributed by atoms with Crippen LogP contribution >= 0.6 is 0 Å². The Kier molecular flexibility index (Phi) is 5.11. The van der Waals surface area contributed by atoms with Crippen LogP contribution in [0.3, 0.4) is 0 Å². The Morgan fingerprint density at radius 1 is 1.00 bits per heavy atom. The second-order valence-corrected chi connectivity index (χ2v) is 7.08. The molecule has 1 aromatic heterocycles. The van der Waals surface area contributed by atoms with Crippen molar-refractivity contribution in [1.82, 2.24) is 4.57 Å². The number of carbonyl (C=O) groups is 1. The number of rotatable bonds is 6. The standard InChI is InChI=1S/C24H23FN2O/c1-2-8-18(25)15-27-16-21(20-12-5-6-14-23(20)27)24(28)26-22-13-7-10-17-9-3-4-11-19(17)22/h3-7,9-14,16,18H,2,8,15H2,1H3,(H,26,28)/t18-/m0/s1. The van der Waals surface area contributed by atoms with E-state index in [9.17, 15) is 9.18 Å². The SMILES string of the molecule is CCC[C@H](F)Cn1cc(C(=O)Nc2cccc3ccccc23)c2ccccc21. The fourth-order valence-corrected chi connectivity index (χ4v) is 3.72. The minimum absolute atomic E-state index is 0.183. The highest BCUT2D eigenvalue weighted by molar-refractivity contribution is 6.15. The van der Waals surface area contributed by atoms with Gasteiger partial charge >= 0.3 is 0 Å². The van der Waals surface area contributed by atoms with E-state index >= 15 is 0 Å². The quantitative estimate of drug-likeness (QED) is 0.429. The topological polar surface area (TPSA) is 34.0 Å². The normalized spacial score (nSPS) is 12.4. The molecule has 142 valence electrons. The van der Waals surface area contributed by atoms with E-state index in [1.165, 1.54) is 0 Å². The maximum Gasteiger partial charge on any atom is 0.257 e. The summed E-state index contributed by atoms with van der Waals surface area (Å²) in [6.45, 7) is 2.24. The number of nitrogens with zero attached hydrogens (tertiary/aromatic N) is 1. The monoisotopic (exact) mass is 374 g/mol. The first kappa shape index (κ1) is 18.2. The minimum atomic E-state index is -0.921. The van der Waals surface area contributed by atoms with Gasteiger partial charge in [0, 0.05) is 28.2 Å². The molecule has 1 N–H and O–H groups in total. The van der Waals surface area contributed by atoms with Crippen molar-refractivity contribution in [3.05, 3.63) is 78.5 Å². The molecule has 4 aromatic rings. The van der Waals surface area contributed by atoms with E-state index in [2.05, 4.69) is 5.32 Å². The summed E-state index contributed by atoms with van der Waals surface area (Å²) in [5, 5.41) is 5.94. The van der Waals surface area contributed by atoms with E-state index < -0.39 is 6.17 Å². The van der Waals surface area contributed by atoms with Crippen molar-refractivity contribution in [2.45, 2.75) is 32.5 Å². The van der Waals surface area contributed by atoms with Gasteiger partial charge < -0.3 is 9.88 Å². The summed E-state index contributed by atoms with van der Waals surface area (Å²) in [6, 6.07) is 21.5. The molecule has 0 saturated heterocycles. The number of alkyl halides is 1. The number of hydrogen-bond donors (Lipinski definition) is 1. The van der Waals surface area contributed by atoms with Gasteiger partial charge in [-0.25, -0.2) is 4.39 Å². The maximum atomic E-state index is 14.2. The average molecular weight is 374 g/mol. The van der Waals surface area contributed by atoms with Crippen LogP contribution in [0, 0.1) is 0 Å². The van der Waals surface area contributed by atoms with Crippen LogP contribution in [-0.2, 0) is 6.54 Å². The van der Waals surface area contributed by atoms with Crippen LogP contribution in [0.25, 0.3) is 21.7 Å². The van der Waals surface area contributed by atoms with Gasteiger partial charge in [0.2, 0.25) is 0 Å². The molecule has 0 aliphatic carbocycles. The van der Waals surface area contributed by atoms with E-state index in [-0.39, 0.29) is 12.5 Å². The van der Waals surface area contributed by atoms with Crippen LogP contribution in [0.2, 0.25) is 0 Å². The molecule has 0 saturated carbocycles. The fraction of sp³-hybridized carbons (Fsp3) is 0.208. The van der Waals surface area contributed by atoms with Gasteiger partial charge in [-0.05, 0) is 23.9 Å². The molecule has 1 atom stereocenters. The van der Waals surface area contributed by atoms with Gasteiger partial charge in [-0.3, -0.25) is 4.79 Å². The number of fused-ring (bicyclic) bond motifs is 2. The number of hydrogen-bond acceptors (Lipinski definition) is 1. The highest BCUT2D eigenvalue weighted by Gasteiger charge is 2.17. The van der Waals surface area contributed by atoms with Gasteiger partial charge in [0.15, 0.2) is 0 Å². The number of carbonyl (C=O) groups excluding carboxylic acids is 1. The Balaban J connectivity index is 1.69. The van der Waals surface area contributed by atoms with Gasteiger partial charge in [0.1, 0.15) is 6.17 Å². The molecule has 0 bridgehead atoms.